The number of allylic oxidation sites excluding steroid dienone is 2. The Labute approximate surface area is 63.9 Å². The normalized spacial score (nSPS) is 12.9. The van der Waals surface area contributed by atoms with Gasteiger partial charge in [0.05, 0.1) is 0 Å². The van der Waals surface area contributed by atoms with E-state index in [2.05, 4.69) is 24.9 Å². The maximum absolute atomic E-state index is 4.22. The molecule has 0 aromatic heterocycles. The molecule has 0 amide bonds. The van der Waals surface area contributed by atoms with E-state index in [-0.39, 0.29) is 0 Å². The Morgan fingerprint density at radius 2 is 2.10 bits per heavy atom. The molecule has 0 aliphatic heterocycles. The minimum atomic E-state index is 1.03. The second-order valence-corrected chi connectivity index (χ2v) is 2.35. The topological polar surface area (TPSA) is 12.4 Å². The monoisotopic (exact) mass is 139 g/mol. The van der Waals surface area contributed by atoms with Gasteiger partial charge in [-0.25, -0.2) is 0 Å². The summed E-state index contributed by atoms with van der Waals surface area (Å²) in [5.74, 6) is 0. The Morgan fingerprint density at radius 3 is 2.60 bits per heavy atom. The summed E-state index contributed by atoms with van der Waals surface area (Å²) < 4.78 is 0. The summed E-state index contributed by atoms with van der Waals surface area (Å²) in [6, 6.07) is 0. The smallest absolute Gasteiger partial charge is 0.0328 e. The zero-order chi connectivity index (χ0) is 7.82. The second kappa shape index (κ2) is 6.53. The van der Waals surface area contributed by atoms with Crippen LogP contribution in [0.3, 0.4) is 0 Å². The van der Waals surface area contributed by atoms with Crippen molar-refractivity contribution in [2.45, 2.75) is 40.0 Å². The van der Waals surface area contributed by atoms with E-state index >= 15 is 0 Å². The van der Waals surface area contributed by atoms with Gasteiger partial charge >= 0.3 is 0 Å². The average molecular weight is 139 g/mol. The number of rotatable bonds is 4. The van der Waals surface area contributed by atoms with Crippen LogP contribution in [0.1, 0.15) is 40.0 Å². The van der Waals surface area contributed by atoms with Gasteiger partial charge in [0.25, 0.3) is 0 Å². The van der Waals surface area contributed by atoms with Gasteiger partial charge in [0.1, 0.15) is 0 Å². The molecule has 0 aliphatic carbocycles. The van der Waals surface area contributed by atoms with Crippen LogP contribution in [0.2, 0.25) is 0 Å². The van der Waals surface area contributed by atoms with Crippen LogP contribution in [0.15, 0.2) is 16.8 Å². The molecule has 0 saturated carbocycles. The number of hydrogen-bond donors (Lipinski definition) is 0. The average Bonchev–Trinajstić information content (AvgIpc) is 1.97. The van der Waals surface area contributed by atoms with E-state index in [1.54, 1.807) is 0 Å². The fourth-order valence-electron chi connectivity index (χ4n) is 0.641. The fraction of sp³-hybridized carbons (Fsp3) is 0.667. The Bertz CT molecular complexity index is 123. The molecule has 0 aromatic rings. The Balaban J connectivity index is 3.59. The largest absolute Gasteiger partial charge is 0.266 e. The van der Waals surface area contributed by atoms with Crippen LogP contribution in [0.4, 0.5) is 0 Å². The quantitative estimate of drug-likeness (QED) is 0.530. The molecule has 0 saturated heterocycles. The number of unbranched alkanes of at least 4 members (excludes halogenated alkanes) is 1. The molecule has 0 fully saturated rings. The van der Waals surface area contributed by atoms with Crippen molar-refractivity contribution in [3.05, 3.63) is 11.8 Å². The van der Waals surface area contributed by atoms with Gasteiger partial charge in [-0.1, -0.05) is 26.3 Å². The zero-order valence-corrected chi connectivity index (χ0v) is 7.22. The van der Waals surface area contributed by atoms with Gasteiger partial charge in [0.15, 0.2) is 0 Å². The summed E-state index contributed by atoms with van der Waals surface area (Å²) in [5.41, 5.74) is 1.14. The van der Waals surface area contributed by atoms with Gasteiger partial charge in [-0.2, -0.15) is 0 Å². The van der Waals surface area contributed by atoms with E-state index in [1.807, 2.05) is 13.1 Å². The number of nitrogens with zero attached hydrogens (tertiary/aromatic N) is 1. The zero-order valence-electron chi connectivity index (χ0n) is 7.22. The predicted octanol–water partition coefficient (Wildman–Crippen LogP) is 3.17. The molecule has 0 unspecified atom stereocenters. The van der Waals surface area contributed by atoms with Crippen LogP contribution in [-0.2, 0) is 0 Å². The molecule has 0 spiro atoms. The molecular weight excluding hydrogens is 122 g/mol. The lowest BCUT2D eigenvalue weighted by Gasteiger charge is -1.89. The number of hydrogen-bond acceptors (Lipinski definition) is 1. The molecule has 0 bridgehead atoms. The van der Waals surface area contributed by atoms with Crippen molar-refractivity contribution in [2.75, 3.05) is 0 Å². The highest BCUT2D eigenvalue weighted by atomic mass is 14.7. The summed E-state index contributed by atoms with van der Waals surface area (Å²) >= 11 is 0. The van der Waals surface area contributed by atoms with Crippen molar-refractivity contribution in [3.8, 4) is 0 Å². The van der Waals surface area contributed by atoms with Gasteiger partial charge < -0.3 is 0 Å². The van der Waals surface area contributed by atoms with Crippen LogP contribution in [-0.4, -0.2) is 6.21 Å². The summed E-state index contributed by atoms with van der Waals surface area (Å²) in [4.78, 5) is 4.22. The maximum atomic E-state index is 4.22. The maximum Gasteiger partial charge on any atom is 0.0328 e. The lowest BCUT2D eigenvalue weighted by molar-refractivity contribution is 0.945. The van der Waals surface area contributed by atoms with Crippen LogP contribution < -0.4 is 0 Å². The van der Waals surface area contributed by atoms with E-state index in [9.17, 15) is 0 Å². The minimum Gasteiger partial charge on any atom is -0.266 e. The first-order valence-corrected chi connectivity index (χ1v) is 4.00. The molecule has 0 aromatic carbocycles. The summed E-state index contributed by atoms with van der Waals surface area (Å²) in [6.45, 7) is 6.31. The van der Waals surface area contributed by atoms with Crippen molar-refractivity contribution < 1.29 is 0 Å². The van der Waals surface area contributed by atoms with E-state index in [0.717, 1.165) is 18.5 Å². The number of aliphatic imine (C=N–C) groups is 1. The first-order valence-electron chi connectivity index (χ1n) is 4.00. The molecule has 10 heavy (non-hydrogen) atoms. The minimum absolute atomic E-state index is 1.03. The van der Waals surface area contributed by atoms with E-state index in [1.165, 1.54) is 6.42 Å². The Morgan fingerprint density at radius 1 is 1.40 bits per heavy atom. The van der Waals surface area contributed by atoms with Crippen molar-refractivity contribution >= 4 is 6.21 Å². The van der Waals surface area contributed by atoms with Gasteiger partial charge in [-0.05, 0) is 19.8 Å². The Hall–Kier alpha value is -0.590. The Kier molecular flexibility index (Phi) is 6.14. The SMILES string of the molecule is CCC=N/C(C)=C/CCC. The van der Waals surface area contributed by atoms with Gasteiger partial charge in [0, 0.05) is 11.9 Å². The van der Waals surface area contributed by atoms with Gasteiger partial charge in [0.2, 0.25) is 0 Å². The van der Waals surface area contributed by atoms with Crippen molar-refractivity contribution in [1.82, 2.24) is 0 Å². The lowest BCUT2D eigenvalue weighted by Crippen LogP contribution is -1.72. The molecular formula is C9H17N. The molecule has 1 heteroatoms. The van der Waals surface area contributed by atoms with E-state index in [4.69, 9.17) is 0 Å². The van der Waals surface area contributed by atoms with E-state index in [0.29, 0.717) is 0 Å². The third-order valence-corrected chi connectivity index (χ3v) is 1.21. The first-order chi connectivity index (χ1) is 4.81. The third kappa shape index (κ3) is 5.54. The summed E-state index contributed by atoms with van der Waals surface area (Å²) in [7, 11) is 0. The van der Waals surface area contributed by atoms with Gasteiger partial charge in [-0.15, -0.1) is 0 Å². The highest BCUT2D eigenvalue weighted by Crippen LogP contribution is 1.98. The molecule has 58 valence electrons. The van der Waals surface area contributed by atoms with Crippen LogP contribution in [0, 0.1) is 0 Å². The highest BCUT2D eigenvalue weighted by Gasteiger charge is 1.79. The van der Waals surface area contributed by atoms with E-state index < -0.39 is 0 Å². The summed E-state index contributed by atoms with van der Waals surface area (Å²) in [5, 5.41) is 0. The molecule has 0 aliphatic rings. The predicted molar refractivity (Wildman–Crippen MR) is 47.4 cm³/mol. The van der Waals surface area contributed by atoms with Crippen LogP contribution in [0.25, 0.3) is 0 Å². The molecule has 1 nitrogen and oxygen atoms in total. The third-order valence-electron chi connectivity index (χ3n) is 1.21. The molecule has 0 heterocycles. The first kappa shape index (κ1) is 9.41. The standard InChI is InChI=1S/C9H17N/c1-4-6-7-9(3)10-8-5-2/h7-8H,4-6H2,1-3H3/b9-7+,10-8?. The highest BCUT2D eigenvalue weighted by molar-refractivity contribution is 5.58. The molecule has 0 atom stereocenters. The second-order valence-electron chi connectivity index (χ2n) is 2.35. The van der Waals surface area contributed by atoms with Crippen LogP contribution >= 0.6 is 0 Å². The molecule has 0 rings (SSSR count). The van der Waals surface area contributed by atoms with Crippen LogP contribution in [0.5, 0.6) is 0 Å². The molecule has 0 radical (unpaired) electrons. The lowest BCUT2D eigenvalue weighted by atomic mass is 10.3. The van der Waals surface area contributed by atoms with Crippen molar-refractivity contribution in [3.63, 3.8) is 0 Å². The van der Waals surface area contributed by atoms with Crippen molar-refractivity contribution in [1.29, 1.82) is 0 Å². The molecule has 0 N–H and O–H groups in total. The summed E-state index contributed by atoms with van der Waals surface area (Å²) in [6.07, 6.45) is 7.50. The fourth-order valence-corrected chi connectivity index (χ4v) is 0.641. The van der Waals surface area contributed by atoms with Crippen molar-refractivity contribution in [2.24, 2.45) is 4.99 Å². The van der Waals surface area contributed by atoms with Gasteiger partial charge in [-0.3, -0.25) is 4.99 Å².